The van der Waals surface area contributed by atoms with Gasteiger partial charge in [-0.3, -0.25) is 9.59 Å². The van der Waals surface area contributed by atoms with E-state index in [-0.39, 0.29) is 17.4 Å². The van der Waals surface area contributed by atoms with E-state index in [0.29, 0.717) is 38.3 Å². The van der Waals surface area contributed by atoms with E-state index < -0.39 is 11.9 Å². The first-order chi connectivity index (χ1) is 13.5. The van der Waals surface area contributed by atoms with Gasteiger partial charge < -0.3 is 14.5 Å². The van der Waals surface area contributed by atoms with Crippen LogP contribution in [0.15, 0.2) is 53.0 Å². The highest BCUT2D eigenvalue weighted by Gasteiger charge is 2.27. The molecule has 7 heteroatoms. The smallest absolute Gasteiger partial charge is 0.263 e. The second-order valence-corrected chi connectivity index (χ2v) is 7.58. The van der Waals surface area contributed by atoms with Crippen LogP contribution in [-0.4, -0.2) is 53.9 Å². The summed E-state index contributed by atoms with van der Waals surface area (Å²) in [5.41, 5.74) is 0.0641. The van der Waals surface area contributed by atoms with Crippen molar-refractivity contribution in [1.29, 1.82) is 0 Å². The lowest BCUT2D eigenvalue weighted by molar-refractivity contribution is -0.137. The van der Waals surface area contributed by atoms with Crippen molar-refractivity contribution in [2.24, 2.45) is 0 Å². The van der Waals surface area contributed by atoms with Crippen LogP contribution in [0.1, 0.15) is 23.7 Å². The van der Waals surface area contributed by atoms with Crippen molar-refractivity contribution in [2.45, 2.75) is 19.4 Å². The number of hydrogen-bond donors (Lipinski definition) is 0. The molecule has 5 nitrogen and oxygen atoms in total. The van der Waals surface area contributed by atoms with E-state index in [2.05, 4.69) is 15.9 Å². The fraction of sp³-hybridized carbons (Fsp3) is 0.333. The summed E-state index contributed by atoms with van der Waals surface area (Å²) in [6, 6.07) is 13.3. The van der Waals surface area contributed by atoms with Gasteiger partial charge in [0.25, 0.3) is 11.8 Å². The van der Waals surface area contributed by atoms with E-state index in [9.17, 15) is 14.0 Å². The highest BCUT2D eigenvalue weighted by molar-refractivity contribution is 9.10. The molecule has 0 aromatic heterocycles. The number of amides is 2. The number of carbonyl (C=O) groups is 2. The summed E-state index contributed by atoms with van der Waals surface area (Å²) in [7, 11) is 0. The van der Waals surface area contributed by atoms with Gasteiger partial charge in [-0.2, -0.15) is 0 Å². The second-order valence-electron chi connectivity index (χ2n) is 6.66. The summed E-state index contributed by atoms with van der Waals surface area (Å²) in [6.45, 7) is 3.50. The zero-order valence-electron chi connectivity index (χ0n) is 15.6. The van der Waals surface area contributed by atoms with Crippen LogP contribution >= 0.6 is 15.9 Å². The van der Waals surface area contributed by atoms with Crippen molar-refractivity contribution >= 4 is 27.7 Å². The fourth-order valence-electron chi connectivity index (χ4n) is 3.17. The summed E-state index contributed by atoms with van der Waals surface area (Å²) >= 11 is 3.36. The molecule has 0 bridgehead atoms. The zero-order chi connectivity index (χ0) is 20.1. The minimum absolute atomic E-state index is 0.0641. The van der Waals surface area contributed by atoms with Crippen molar-refractivity contribution in [2.75, 3.05) is 26.2 Å². The normalized spacial score (nSPS) is 15.7. The summed E-state index contributed by atoms with van der Waals surface area (Å²) in [5, 5.41) is 0. The van der Waals surface area contributed by atoms with Gasteiger partial charge >= 0.3 is 0 Å². The van der Waals surface area contributed by atoms with Gasteiger partial charge in [0.1, 0.15) is 11.6 Å². The van der Waals surface area contributed by atoms with E-state index in [1.54, 1.807) is 41.0 Å². The molecule has 2 amide bonds. The molecule has 1 atom stereocenters. The molecule has 3 rings (SSSR count). The number of nitrogens with zero attached hydrogens (tertiary/aromatic N) is 2. The van der Waals surface area contributed by atoms with E-state index in [1.165, 1.54) is 12.1 Å². The van der Waals surface area contributed by atoms with Gasteiger partial charge in [-0.05, 0) is 49.7 Å². The van der Waals surface area contributed by atoms with Crippen molar-refractivity contribution in [3.8, 4) is 5.75 Å². The minimum atomic E-state index is -0.630. The van der Waals surface area contributed by atoms with Crippen LogP contribution in [0.5, 0.6) is 5.75 Å². The van der Waals surface area contributed by atoms with Crippen molar-refractivity contribution in [1.82, 2.24) is 9.80 Å². The SMILES string of the molecule is CC(Oc1ccc(Br)cc1)C(=O)N1CCCN(C(=O)c2ccccc2F)CC1. The molecule has 28 heavy (non-hydrogen) atoms. The van der Waals surface area contributed by atoms with E-state index in [1.807, 2.05) is 12.1 Å². The predicted octanol–water partition coefficient (Wildman–Crippen LogP) is 3.73. The average Bonchev–Trinajstić information content (AvgIpc) is 2.95. The third-order valence-electron chi connectivity index (χ3n) is 4.67. The number of carbonyl (C=O) groups excluding carboxylic acids is 2. The van der Waals surface area contributed by atoms with Crippen LogP contribution in [0.2, 0.25) is 0 Å². The molecule has 2 aromatic rings. The number of rotatable bonds is 4. The molecule has 1 aliphatic rings. The molecule has 1 aliphatic heterocycles. The largest absolute Gasteiger partial charge is 0.481 e. The van der Waals surface area contributed by atoms with Gasteiger partial charge in [0.2, 0.25) is 0 Å². The lowest BCUT2D eigenvalue weighted by Gasteiger charge is -2.25. The summed E-state index contributed by atoms with van der Waals surface area (Å²) in [5.74, 6) is -0.369. The Bertz CT molecular complexity index is 844. The quantitative estimate of drug-likeness (QED) is 0.715. The molecule has 0 N–H and O–H groups in total. The first-order valence-electron chi connectivity index (χ1n) is 9.20. The van der Waals surface area contributed by atoms with E-state index >= 15 is 0 Å². The Morgan fingerprint density at radius 1 is 1.00 bits per heavy atom. The highest BCUT2D eigenvalue weighted by Crippen LogP contribution is 2.18. The van der Waals surface area contributed by atoms with Crippen LogP contribution in [0.4, 0.5) is 4.39 Å². The Hall–Kier alpha value is -2.41. The standard InChI is InChI=1S/C21H22BrFN2O3/c1-15(28-17-9-7-16(22)8-10-17)20(26)24-11-4-12-25(14-13-24)21(27)18-5-2-3-6-19(18)23/h2-3,5-10,15H,4,11-14H2,1H3. The molecule has 0 spiro atoms. The van der Waals surface area contributed by atoms with Crippen molar-refractivity contribution in [3.05, 3.63) is 64.4 Å². The molecule has 0 saturated carbocycles. The van der Waals surface area contributed by atoms with Crippen LogP contribution in [-0.2, 0) is 4.79 Å². The van der Waals surface area contributed by atoms with Gasteiger partial charge in [-0.1, -0.05) is 28.1 Å². The summed E-state index contributed by atoms with van der Waals surface area (Å²) < 4.78 is 20.6. The molecule has 148 valence electrons. The van der Waals surface area contributed by atoms with Gasteiger partial charge in [-0.25, -0.2) is 4.39 Å². The first-order valence-corrected chi connectivity index (χ1v) is 10.00. The first kappa shape index (κ1) is 20.3. The number of halogens is 2. The minimum Gasteiger partial charge on any atom is -0.481 e. The number of ether oxygens (including phenoxy) is 1. The summed E-state index contributed by atoms with van der Waals surface area (Å²) in [6.07, 6.45) is 0.00622. The monoisotopic (exact) mass is 448 g/mol. The Morgan fingerprint density at radius 2 is 1.64 bits per heavy atom. The molecule has 1 fully saturated rings. The fourth-order valence-corrected chi connectivity index (χ4v) is 3.44. The molecule has 0 radical (unpaired) electrons. The van der Waals surface area contributed by atoms with Crippen LogP contribution < -0.4 is 4.74 Å². The van der Waals surface area contributed by atoms with Crippen molar-refractivity contribution < 1.29 is 18.7 Å². The van der Waals surface area contributed by atoms with E-state index in [4.69, 9.17) is 4.74 Å². The Morgan fingerprint density at radius 3 is 2.36 bits per heavy atom. The van der Waals surface area contributed by atoms with Crippen LogP contribution in [0.3, 0.4) is 0 Å². The molecule has 1 heterocycles. The molecular weight excluding hydrogens is 427 g/mol. The lowest BCUT2D eigenvalue weighted by atomic mass is 10.2. The maximum atomic E-state index is 13.9. The maximum absolute atomic E-state index is 13.9. The third kappa shape index (κ3) is 4.90. The predicted molar refractivity (Wildman–Crippen MR) is 108 cm³/mol. The highest BCUT2D eigenvalue weighted by atomic mass is 79.9. The average molecular weight is 449 g/mol. The van der Waals surface area contributed by atoms with Crippen molar-refractivity contribution in [3.63, 3.8) is 0 Å². The molecule has 0 aliphatic carbocycles. The molecule has 1 saturated heterocycles. The lowest BCUT2D eigenvalue weighted by Crippen LogP contribution is -2.43. The molecule has 2 aromatic carbocycles. The number of benzene rings is 2. The van der Waals surface area contributed by atoms with E-state index in [0.717, 1.165) is 4.47 Å². The summed E-state index contributed by atoms with van der Waals surface area (Å²) in [4.78, 5) is 28.7. The maximum Gasteiger partial charge on any atom is 0.263 e. The molecule has 1 unspecified atom stereocenters. The Balaban J connectivity index is 1.59. The second kappa shape index (κ2) is 9.19. The van der Waals surface area contributed by atoms with Gasteiger partial charge in [0.05, 0.1) is 5.56 Å². The zero-order valence-corrected chi connectivity index (χ0v) is 17.2. The van der Waals surface area contributed by atoms with Gasteiger partial charge in [0.15, 0.2) is 6.10 Å². The van der Waals surface area contributed by atoms with Crippen LogP contribution in [0.25, 0.3) is 0 Å². The third-order valence-corrected chi connectivity index (χ3v) is 5.20. The topological polar surface area (TPSA) is 49.9 Å². The van der Waals surface area contributed by atoms with Gasteiger partial charge in [0, 0.05) is 30.7 Å². The molecular formula is C21H22BrFN2O3. The number of hydrogen-bond acceptors (Lipinski definition) is 3. The Labute approximate surface area is 172 Å². The Kier molecular flexibility index (Phi) is 6.67. The van der Waals surface area contributed by atoms with Gasteiger partial charge in [-0.15, -0.1) is 0 Å². The van der Waals surface area contributed by atoms with Crippen LogP contribution in [0, 0.1) is 5.82 Å².